The third-order valence-electron chi connectivity index (χ3n) is 2.04. The topological polar surface area (TPSA) is 84.2 Å². The van der Waals surface area contributed by atoms with Crippen LogP contribution in [0.3, 0.4) is 0 Å². The summed E-state index contributed by atoms with van der Waals surface area (Å²) >= 11 is 0. The fraction of sp³-hybridized carbons (Fsp3) is 0.111. The van der Waals surface area contributed by atoms with Gasteiger partial charge in [0.05, 0.1) is 0 Å². The van der Waals surface area contributed by atoms with E-state index in [1.54, 1.807) is 24.3 Å². The molecule has 0 saturated carbocycles. The zero-order valence-corrected chi connectivity index (χ0v) is 7.28. The van der Waals surface area contributed by atoms with E-state index < -0.39 is 12.1 Å². The molecular weight excluding hydrogens is 182 g/mol. The van der Waals surface area contributed by atoms with E-state index >= 15 is 0 Å². The lowest BCUT2D eigenvalue weighted by molar-refractivity contribution is -0.120. The maximum absolute atomic E-state index is 11.2. The molecule has 1 aliphatic rings. The van der Waals surface area contributed by atoms with Gasteiger partial charge in [0.1, 0.15) is 6.04 Å². The van der Waals surface area contributed by atoms with E-state index in [0.717, 1.165) is 5.56 Å². The molecular formula is C9H9N3O2. The average Bonchev–Trinajstić information content (AvgIpc) is 2.47. The predicted molar refractivity (Wildman–Crippen MR) is 50.3 cm³/mol. The van der Waals surface area contributed by atoms with Crippen LogP contribution in [0.4, 0.5) is 10.5 Å². The summed E-state index contributed by atoms with van der Waals surface area (Å²) in [6.45, 7) is 0. The SMILES string of the molecule is Nc1ccc([C@H]2NC(=O)NC2=O)cc1. The van der Waals surface area contributed by atoms with E-state index in [0.29, 0.717) is 5.69 Å². The van der Waals surface area contributed by atoms with Gasteiger partial charge in [-0.25, -0.2) is 4.79 Å². The summed E-state index contributed by atoms with van der Waals surface area (Å²) in [4.78, 5) is 22.1. The Kier molecular flexibility index (Phi) is 1.85. The van der Waals surface area contributed by atoms with Crippen molar-refractivity contribution in [2.45, 2.75) is 6.04 Å². The first kappa shape index (κ1) is 8.55. The summed E-state index contributed by atoms with van der Waals surface area (Å²) in [5.41, 5.74) is 6.85. The number of amides is 3. The van der Waals surface area contributed by atoms with Crippen molar-refractivity contribution in [1.29, 1.82) is 0 Å². The number of hydrogen-bond acceptors (Lipinski definition) is 3. The van der Waals surface area contributed by atoms with E-state index in [9.17, 15) is 9.59 Å². The Morgan fingerprint density at radius 2 is 1.79 bits per heavy atom. The highest BCUT2D eigenvalue weighted by molar-refractivity contribution is 6.04. The molecule has 14 heavy (non-hydrogen) atoms. The molecule has 3 amide bonds. The molecule has 1 atom stereocenters. The summed E-state index contributed by atoms with van der Waals surface area (Å²) in [5, 5.41) is 4.66. The Morgan fingerprint density at radius 1 is 1.14 bits per heavy atom. The Bertz CT molecular complexity index is 386. The summed E-state index contributed by atoms with van der Waals surface area (Å²) < 4.78 is 0. The van der Waals surface area contributed by atoms with Crippen molar-refractivity contribution in [3.05, 3.63) is 29.8 Å². The van der Waals surface area contributed by atoms with Crippen LogP contribution in [0.1, 0.15) is 11.6 Å². The van der Waals surface area contributed by atoms with Crippen LogP contribution >= 0.6 is 0 Å². The molecule has 1 aromatic carbocycles. The molecule has 1 fully saturated rings. The highest BCUT2D eigenvalue weighted by atomic mass is 16.2. The molecule has 5 nitrogen and oxygen atoms in total. The normalized spacial score (nSPS) is 20.4. The Morgan fingerprint density at radius 3 is 2.29 bits per heavy atom. The number of benzene rings is 1. The van der Waals surface area contributed by atoms with Gasteiger partial charge in [0.2, 0.25) is 0 Å². The first-order valence-corrected chi connectivity index (χ1v) is 4.13. The third kappa shape index (κ3) is 1.39. The molecule has 5 heteroatoms. The number of carbonyl (C=O) groups excluding carboxylic acids is 2. The predicted octanol–water partition coefficient (Wildman–Crippen LogP) is 0.149. The zero-order valence-electron chi connectivity index (χ0n) is 7.28. The summed E-state index contributed by atoms with van der Waals surface area (Å²) in [7, 11) is 0. The van der Waals surface area contributed by atoms with Crippen LogP contribution in [0, 0.1) is 0 Å². The van der Waals surface area contributed by atoms with Crippen molar-refractivity contribution in [2.75, 3.05) is 5.73 Å². The molecule has 0 unspecified atom stereocenters. The van der Waals surface area contributed by atoms with E-state index in [4.69, 9.17) is 5.73 Å². The average molecular weight is 191 g/mol. The van der Waals surface area contributed by atoms with Crippen LogP contribution in [0.5, 0.6) is 0 Å². The number of anilines is 1. The lowest BCUT2D eigenvalue weighted by Crippen LogP contribution is -2.22. The van der Waals surface area contributed by atoms with Gasteiger partial charge < -0.3 is 11.1 Å². The Hall–Kier alpha value is -2.04. The van der Waals surface area contributed by atoms with Gasteiger partial charge in [-0.2, -0.15) is 0 Å². The van der Waals surface area contributed by atoms with Gasteiger partial charge >= 0.3 is 6.03 Å². The second-order valence-electron chi connectivity index (χ2n) is 3.06. The van der Waals surface area contributed by atoms with Crippen LogP contribution in [0.15, 0.2) is 24.3 Å². The molecule has 0 radical (unpaired) electrons. The van der Waals surface area contributed by atoms with E-state index in [1.165, 1.54) is 0 Å². The van der Waals surface area contributed by atoms with Crippen molar-refractivity contribution >= 4 is 17.6 Å². The fourth-order valence-electron chi connectivity index (χ4n) is 1.34. The fourth-order valence-corrected chi connectivity index (χ4v) is 1.34. The van der Waals surface area contributed by atoms with Gasteiger partial charge in [-0.15, -0.1) is 0 Å². The van der Waals surface area contributed by atoms with E-state index in [1.807, 2.05) is 0 Å². The number of carbonyl (C=O) groups is 2. The van der Waals surface area contributed by atoms with Crippen molar-refractivity contribution in [1.82, 2.24) is 10.6 Å². The monoisotopic (exact) mass is 191 g/mol. The number of hydrogen-bond donors (Lipinski definition) is 3. The van der Waals surface area contributed by atoms with Crippen molar-refractivity contribution < 1.29 is 9.59 Å². The lowest BCUT2D eigenvalue weighted by Gasteiger charge is -2.06. The molecule has 1 heterocycles. The van der Waals surface area contributed by atoms with E-state index in [-0.39, 0.29) is 5.91 Å². The van der Waals surface area contributed by atoms with Gasteiger partial charge in [-0.05, 0) is 17.7 Å². The summed E-state index contributed by atoms with van der Waals surface area (Å²) in [5.74, 6) is -0.334. The largest absolute Gasteiger partial charge is 0.399 e. The molecule has 72 valence electrons. The van der Waals surface area contributed by atoms with Crippen LogP contribution < -0.4 is 16.4 Å². The highest BCUT2D eigenvalue weighted by Gasteiger charge is 2.30. The molecule has 4 N–H and O–H groups in total. The van der Waals surface area contributed by atoms with Gasteiger partial charge in [-0.1, -0.05) is 12.1 Å². The maximum atomic E-state index is 11.2. The number of rotatable bonds is 1. The molecule has 1 saturated heterocycles. The molecule has 0 bridgehead atoms. The Balaban J connectivity index is 2.27. The van der Waals surface area contributed by atoms with Crippen molar-refractivity contribution in [2.24, 2.45) is 0 Å². The summed E-state index contributed by atoms with van der Waals surface area (Å²) in [6, 6.07) is 5.75. The van der Waals surface area contributed by atoms with Crippen LogP contribution in [-0.2, 0) is 4.79 Å². The molecule has 1 aromatic rings. The van der Waals surface area contributed by atoms with Crippen molar-refractivity contribution in [3.63, 3.8) is 0 Å². The smallest absolute Gasteiger partial charge is 0.322 e. The minimum absolute atomic E-state index is 0.334. The van der Waals surface area contributed by atoms with Gasteiger partial charge in [0.25, 0.3) is 5.91 Å². The van der Waals surface area contributed by atoms with Crippen molar-refractivity contribution in [3.8, 4) is 0 Å². The summed E-state index contributed by atoms with van der Waals surface area (Å²) in [6.07, 6.45) is 0. The molecule has 0 spiro atoms. The molecule has 0 aliphatic carbocycles. The van der Waals surface area contributed by atoms with Crippen LogP contribution in [0.25, 0.3) is 0 Å². The Labute approximate surface area is 80.3 Å². The lowest BCUT2D eigenvalue weighted by atomic mass is 10.1. The number of nitrogens with one attached hydrogen (secondary N) is 2. The first-order chi connectivity index (χ1) is 6.66. The number of nitrogen functional groups attached to an aromatic ring is 1. The van der Waals surface area contributed by atoms with Crippen LogP contribution in [0.2, 0.25) is 0 Å². The molecule has 1 aliphatic heterocycles. The van der Waals surface area contributed by atoms with Gasteiger partial charge in [0, 0.05) is 5.69 Å². The first-order valence-electron chi connectivity index (χ1n) is 4.13. The van der Waals surface area contributed by atoms with E-state index in [2.05, 4.69) is 10.6 Å². The molecule has 2 rings (SSSR count). The number of nitrogens with two attached hydrogens (primary N) is 1. The minimum atomic E-state index is -0.594. The number of imide groups is 1. The second kappa shape index (κ2) is 3.02. The van der Waals surface area contributed by atoms with Gasteiger partial charge in [0.15, 0.2) is 0 Å². The molecule has 0 aromatic heterocycles. The minimum Gasteiger partial charge on any atom is -0.399 e. The van der Waals surface area contributed by atoms with Gasteiger partial charge in [-0.3, -0.25) is 10.1 Å². The number of urea groups is 1. The standard InChI is InChI=1S/C9H9N3O2/c10-6-3-1-5(2-4-6)7-8(13)12-9(14)11-7/h1-4,7H,10H2,(H2,11,12,13,14)/t7-/m1/s1. The maximum Gasteiger partial charge on any atom is 0.322 e. The highest BCUT2D eigenvalue weighted by Crippen LogP contribution is 2.17. The second-order valence-corrected chi connectivity index (χ2v) is 3.06. The third-order valence-corrected chi connectivity index (χ3v) is 2.04. The zero-order chi connectivity index (χ0) is 10.1. The van der Waals surface area contributed by atoms with Crippen LogP contribution in [-0.4, -0.2) is 11.9 Å². The quantitative estimate of drug-likeness (QED) is 0.436.